The zero-order chi connectivity index (χ0) is 24.0. The van der Waals surface area contributed by atoms with E-state index in [1.165, 1.54) is 10.6 Å². The quantitative estimate of drug-likeness (QED) is 0.439. The average Bonchev–Trinajstić information content (AvgIpc) is 3.07. The van der Waals surface area contributed by atoms with Gasteiger partial charge in [0.2, 0.25) is 21.9 Å². The number of anilines is 2. The molecule has 0 bridgehead atoms. The summed E-state index contributed by atoms with van der Waals surface area (Å²) in [5.41, 5.74) is 5.43. The van der Waals surface area contributed by atoms with Gasteiger partial charge in [0.1, 0.15) is 5.82 Å². The molecule has 2 aliphatic heterocycles. The second kappa shape index (κ2) is 8.82. The Kier molecular flexibility index (Phi) is 6.38. The Labute approximate surface area is 193 Å². The lowest BCUT2D eigenvalue weighted by molar-refractivity contribution is -0.117. The van der Waals surface area contributed by atoms with Crippen molar-refractivity contribution in [1.29, 1.82) is 0 Å². The van der Waals surface area contributed by atoms with E-state index in [0.29, 0.717) is 61.7 Å². The number of piperidine rings is 1. The largest absolute Gasteiger partial charge is 0.388 e. The number of amides is 1. The predicted molar refractivity (Wildman–Crippen MR) is 124 cm³/mol. The summed E-state index contributed by atoms with van der Waals surface area (Å²) < 4.78 is 25.0. The van der Waals surface area contributed by atoms with E-state index < -0.39 is 27.8 Å². The third kappa shape index (κ3) is 4.98. The predicted octanol–water partition coefficient (Wildman–Crippen LogP) is 0.0132. The summed E-state index contributed by atoms with van der Waals surface area (Å²) in [6.07, 6.45) is 6.60. The first-order chi connectivity index (χ1) is 15.5. The second-order valence-corrected chi connectivity index (χ2v) is 11.4. The van der Waals surface area contributed by atoms with Gasteiger partial charge in [-0.3, -0.25) is 4.79 Å². The smallest absolute Gasteiger partial charge is 0.224 e. The van der Waals surface area contributed by atoms with E-state index in [-0.39, 0.29) is 18.5 Å². The zero-order valence-corrected chi connectivity index (χ0v) is 19.8. The number of nitrogens with one attached hydrogen (secondary N) is 1. The van der Waals surface area contributed by atoms with Gasteiger partial charge >= 0.3 is 0 Å². The number of aliphatic hydroxyl groups excluding tert-OH is 1. The molecule has 1 saturated heterocycles. The molecule has 1 unspecified atom stereocenters. The van der Waals surface area contributed by atoms with Gasteiger partial charge in [0.05, 0.1) is 24.3 Å². The SMILES string of the molecule is C[C@@]1(O)CCC[C@H]1N1c2nc(NC3CCN(S(C)(=O)=O)CC3)ncc2C=C(CC(N)=O)C1O. The number of sulfonamides is 1. The molecule has 0 aromatic carbocycles. The van der Waals surface area contributed by atoms with Crippen molar-refractivity contribution in [2.45, 2.75) is 69.4 Å². The van der Waals surface area contributed by atoms with Crippen molar-refractivity contribution >= 4 is 33.8 Å². The third-order valence-electron chi connectivity index (χ3n) is 6.83. The topological polar surface area (TPSA) is 162 Å². The minimum absolute atomic E-state index is 0.0126. The molecule has 0 spiro atoms. The fourth-order valence-corrected chi connectivity index (χ4v) is 5.95. The summed E-state index contributed by atoms with van der Waals surface area (Å²) in [5, 5.41) is 25.4. The number of carbonyl (C=O) groups is 1. The molecule has 4 rings (SSSR count). The molecular weight excluding hydrogens is 448 g/mol. The van der Waals surface area contributed by atoms with E-state index in [9.17, 15) is 23.4 Å². The van der Waals surface area contributed by atoms with Crippen molar-refractivity contribution < 1.29 is 23.4 Å². The van der Waals surface area contributed by atoms with Gasteiger partial charge in [-0.15, -0.1) is 0 Å². The van der Waals surface area contributed by atoms with Gasteiger partial charge in [0, 0.05) is 30.9 Å². The van der Waals surface area contributed by atoms with Gasteiger partial charge in [-0.25, -0.2) is 17.7 Å². The number of nitrogens with two attached hydrogens (primary N) is 1. The van der Waals surface area contributed by atoms with E-state index in [2.05, 4.69) is 15.3 Å². The van der Waals surface area contributed by atoms with Gasteiger partial charge in [-0.05, 0) is 50.7 Å². The van der Waals surface area contributed by atoms with Crippen LogP contribution in [0.5, 0.6) is 0 Å². The average molecular weight is 481 g/mol. The molecule has 1 aromatic heterocycles. The van der Waals surface area contributed by atoms with Crippen LogP contribution in [0.4, 0.5) is 11.8 Å². The third-order valence-corrected chi connectivity index (χ3v) is 8.13. The van der Waals surface area contributed by atoms with Crippen LogP contribution in [0.3, 0.4) is 0 Å². The van der Waals surface area contributed by atoms with Gasteiger partial charge in [0.25, 0.3) is 0 Å². The Morgan fingerprint density at radius 1 is 1.33 bits per heavy atom. The van der Waals surface area contributed by atoms with Crippen LogP contribution in [-0.4, -0.2) is 82.1 Å². The molecule has 2 fully saturated rings. The van der Waals surface area contributed by atoms with Crippen molar-refractivity contribution in [3.8, 4) is 0 Å². The molecule has 1 aromatic rings. The van der Waals surface area contributed by atoms with Crippen molar-refractivity contribution in [2.75, 3.05) is 29.6 Å². The molecule has 12 heteroatoms. The van der Waals surface area contributed by atoms with Crippen molar-refractivity contribution in [3.05, 3.63) is 17.3 Å². The summed E-state index contributed by atoms with van der Waals surface area (Å²) in [5.74, 6) is 0.295. The standard InChI is InChI=1S/C21H32N6O5S/c1-21(30)7-3-4-16(21)27-18-14(10-13(19(27)29)11-17(22)28)12-23-20(25-18)24-15-5-8-26(9-6-15)33(2,31)32/h10,12,15-16,19,29-30H,3-9,11H2,1-2H3,(H2,22,28)(H,23,24,25)/t16-,19?,21-/m1/s1. The first-order valence-corrected chi connectivity index (χ1v) is 13.1. The minimum Gasteiger partial charge on any atom is -0.388 e. The van der Waals surface area contributed by atoms with Crippen LogP contribution in [0, 0.1) is 0 Å². The molecule has 5 N–H and O–H groups in total. The van der Waals surface area contributed by atoms with E-state index in [0.717, 1.165) is 6.42 Å². The number of rotatable bonds is 6. The first kappa shape index (κ1) is 23.9. The molecule has 3 atom stereocenters. The Morgan fingerprint density at radius 3 is 2.61 bits per heavy atom. The molecule has 33 heavy (non-hydrogen) atoms. The number of aliphatic hydroxyl groups is 2. The molecular formula is C21H32N6O5S. The fraction of sp³-hybridized carbons (Fsp3) is 0.667. The minimum atomic E-state index is -3.21. The summed E-state index contributed by atoms with van der Waals surface area (Å²) in [6.45, 7) is 2.60. The van der Waals surface area contributed by atoms with Crippen LogP contribution in [0.1, 0.15) is 51.0 Å². The lowest BCUT2D eigenvalue weighted by Gasteiger charge is -2.43. The van der Waals surface area contributed by atoms with E-state index in [1.54, 1.807) is 24.1 Å². The maximum Gasteiger partial charge on any atom is 0.224 e. The molecule has 0 radical (unpaired) electrons. The zero-order valence-electron chi connectivity index (χ0n) is 18.9. The fourth-order valence-electron chi connectivity index (χ4n) is 5.07. The highest BCUT2D eigenvalue weighted by Gasteiger charge is 2.45. The summed E-state index contributed by atoms with van der Waals surface area (Å²) >= 11 is 0. The van der Waals surface area contributed by atoms with Gasteiger partial charge < -0.3 is 26.2 Å². The molecule has 182 valence electrons. The number of nitrogens with zero attached hydrogens (tertiary/aromatic N) is 4. The lowest BCUT2D eigenvalue weighted by atomic mass is 9.94. The number of aromatic nitrogens is 2. The van der Waals surface area contributed by atoms with Crippen molar-refractivity contribution in [1.82, 2.24) is 14.3 Å². The number of fused-ring (bicyclic) bond motifs is 1. The maximum atomic E-state index is 11.7. The Morgan fingerprint density at radius 2 is 2.03 bits per heavy atom. The molecule has 1 amide bonds. The number of hydrogen-bond acceptors (Lipinski definition) is 9. The lowest BCUT2D eigenvalue weighted by Crippen LogP contribution is -2.54. The molecule has 11 nitrogen and oxygen atoms in total. The molecule has 1 saturated carbocycles. The van der Waals surface area contributed by atoms with Gasteiger partial charge in [-0.2, -0.15) is 4.98 Å². The second-order valence-electron chi connectivity index (χ2n) is 9.46. The van der Waals surface area contributed by atoms with Crippen LogP contribution >= 0.6 is 0 Å². The Bertz CT molecular complexity index is 1050. The molecule has 1 aliphatic carbocycles. The van der Waals surface area contributed by atoms with Crippen molar-refractivity contribution in [2.24, 2.45) is 5.73 Å². The van der Waals surface area contributed by atoms with Crippen LogP contribution < -0.4 is 16.0 Å². The maximum absolute atomic E-state index is 11.7. The van der Waals surface area contributed by atoms with Crippen LogP contribution in [-0.2, 0) is 14.8 Å². The normalized spacial score (nSPS) is 29.0. The highest BCUT2D eigenvalue weighted by Crippen LogP contribution is 2.41. The van der Waals surface area contributed by atoms with E-state index in [4.69, 9.17) is 5.73 Å². The summed E-state index contributed by atoms with van der Waals surface area (Å²) in [4.78, 5) is 22.3. The number of hydrogen-bond donors (Lipinski definition) is 4. The Hall–Kier alpha value is -2.28. The first-order valence-electron chi connectivity index (χ1n) is 11.2. The van der Waals surface area contributed by atoms with Gasteiger partial charge in [-0.1, -0.05) is 0 Å². The highest BCUT2D eigenvalue weighted by atomic mass is 32.2. The summed E-state index contributed by atoms with van der Waals surface area (Å²) in [7, 11) is -3.21. The van der Waals surface area contributed by atoms with Gasteiger partial charge in [0.15, 0.2) is 6.23 Å². The molecule has 3 aliphatic rings. The van der Waals surface area contributed by atoms with E-state index in [1.807, 2.05) is 0 Å². The Balaban J connectivity index is 1.61. The highest BCUT2D eigenvalue weighted by molar-refractivity contribution is 7.88. The summed E-state index contributed by atoms with van der Waals surface area (Å²) in [6, 6.07) is -0.373. The van der Waals surface area contributed by atoms with Crippen molar-refractivity contribution in [3.63, 3.8) is 0 Å². The molecule has 3 heterocycles. The van der Waals surface area contributed by atoms with Crippen LogP contribution in [0.2, 0.25) is 0 Å². The van der Waals surface area contributed by atoms with E-state index >= 15 is 0 Å². The monoisotopic (exact) mass is 480 g/mol. The van der Waals surface area contributed by atoms with Crippen LogP contribution in [0.15, 0.2) is 11.8 Å². The number of primary amides is 1. The number of carbonyl (C=O) groups excluding carboxylic acids is 1. The van der Waals surface area contributed by atoms with Crippen LogP contribution in [0.25, 0.3) is 6.08 Å².